The summed E-state index contributed by atoms with van der Waals surface area (Å²) in [5, 5.41) is 2.32. The van der Waals surface area contributed by atoms with E-state index in [9.17, 15) is 9.36 Å². The molecule has 0 heterocycles. The van der Waals surface area contributed by atoms with Crippen LogP contribution in [0.3, 0.4) is 0 Å². The van der Waals surface area contributed by atoms with E-state index in [1.54, 1.807) is 67.6 Å². The number of hydrogen-bond acceptors (Lipinski definition) is 4. The van der Waals surface area contributed by atoms with Crippen molar-refractivity contribution in [3.8, 4) is 11.5 Å². The normalized spacial score (nSPS) is 12.3. The van der Waals surface area contributed by atoms with Crippen molar-refractivity contribution in [3.63, 3.8) is 0 Å². The maximum absolute atomic E-state index is 12.9. The van der Waals surface area contributed by atoms with Gasteiger partial charge in [0.1, 0.15) is 11.5 Å². The minimum absolute atomic E-state index is 0.337. The first-order valence-electron chi connectivity index (χ1n) is 6.54. The first kappa shape index (κ1) is 16.6. The molecule has 0 radical (unpaired) electrons. The Balaban J connectivity index is 2.23. The third-order valence-corrected chi connectivity index (χ3v) is 4.36. The van der Waals surface area contributed by atoms with Crippen LogP contribution in [0.15, 0.2) is 60.7 Å². The molecule has 22 heavy (non-hydrogen) atoms. The molecule has 2 rings (SSSR count). The van der Waals surface area contributed by atoms with Gasteiger partial charge in [0.05, 0.1) is 4.83 Å². The number of carbonyl (C=O) groups excluding carboxylic acids is 1. The van der Waals surface area contributed by atoms with Crippen LogP contribution in [0.2, 0.25) is 0 Å². The van der Waals surface area contributed by atoms with E-state index in [-0.39, 0.29) is 0 Å². The van der Waals surface area contributed by atoms with E-state index >= 15 is 0 Å². The maximum Gasteiger partial charge on any atom is 0.543 e. The van der Waals surface area contributed by atoms with Crippen LogP contribution in [0.1, 0.15) is 6.92 Å². The largest absolute Gasteiger partial charge is 0.543 e. The summed E-state index contributed by atoms with van der Waals surface area (Å²) in [4.78, 5) is 11.3. The SMILES string of the molecule is CC(Br)C(=O)NP(=O)(Oc1ccccc1)Oc1ccccc1. The second-order valence-electron chi connectivity index (χ2n) is 4.40. The Labute approximate surface area is 137 Å². The van der Waals surface area contributed by atoms with Crippen molar-refractivity contribution >= 4 is 29.6 Å². The van der Waals surface area contributed by atoms with Gasteiger partial charge in [0.2, 0.25) is 5.91 Å². The molecule has 1 amide bonds. The van der Waals surface area contributed by atoms with E-state index in [2.05, 4.69) is 21.0 Å². The highest BCUT2D eigenvalue weighted by Gasteiger charge is 2.32. The molecule has 0 fully saturated rings. The summed E-state index contributed by atoms with van der Waals surface area (Å²) < 4.78 is 23.7. The second-order valence-corrected chi connectivity index (χ2v) is 7.36. The van der Waals surface area contributed by atoms with Gasteiger partial charge < -0.3 is 9.05 Å². The molecule has 0 saturated heterocycles. The van der Waals surface area contributed by atoms with Gasteiger partial charge in [-0.05, 0) is 31.2 Å². The number of rotatable bonds is 6. The molecule has 1 atom stereocenters. The fraction of sp³-hybridized carbons (Fsp3) is 0.133. The van der Waals surface area contributed by atoms with Crippen LogP contribution in [0.4, 0.5) is 0 Å². The molecule has 5 nitrogen and oxygen atoms in total. The highest BCUT2D eigenvalue weighted by atomic mass is 79.9. The van der Waals surface area contributed by atoms with Crippen LogP contribution < -0.4 is 14.1 Å². The molecule has 2 aromatic rings. The van der Waals surface area contributed by atoms with Crippen LogP contribution in [-0.2, 0) is 9.36 Å². The van der Waals surface area contributed by atoms with E-state index in [1.807, 2.05) is 0 Å². The van der Waals surface area contributed by atoms with Gasteiger partial charge in [0.25, 0.3) is 0 Å². The number of hydrogen-bond donors (Lipinski definition) is 1. The summed E-state index contributed by atoms with van der Waals surface area (Å²) in [5.74, 6) is 0.184. The topological polar surface area (TPSA) is 64.6 Å². The molecule has 1 unspecified atom stereocenters. The molecule has 0 saturated carbocycles. The standard InChI is InChI=1S/C15H15BrNO4P/c1-12(16)15(18)17-22(19,20-13-8-4-2-5-9-13)21-14-10-6-3-7-11-14/h2-12H,1H3,(H,17,18,19). The zero-order valence-electron chi connectivity index (χ0n) is 11.8. The molecular weight excluding hydrogens is 369 g/mol. The van der Waals surface area contributed by atoms with Gasteiger partial charge in [-0.3, -0.25) is 4.79 Å². The molecule has 0 spiro atoms. The number of benzene rings is 2. The van der Waals surface area contributed by atoms with Gasteiger partial charge in [-0.15, -0.1) is 0 Å². The van der Waals surface area contributed by atoms with Crippen LogP contribution in [0, 0.1) is 0 Å². The van der Waals surface area contributed by atoms with Crippen molar-refractivity contribution in [2.24, 2.45) is 0 Å². The highest BCUT2D eigenvalue weighted by Crippen LogP contribution is 2.44. The zero-order chi connectivity index (χ0) is 16.0. The van der Waals surface area contributed by atoms with Gasteiger partial charge in [0, 0.05) is 0 Å². The molecule has 0 aliphatic rings. The predicted octanol–water partition coefficient (Wildman–Crippen LogP) is 4.15. The van der Waals surface area contributed by atoms with Crippen molar-refractivity contribution in [1.82, 2.24) is 5.09 Å². The molecule has 1 N–H and O–H groups in total. The van der Waals surface area contributed by atoms with Crippen molar-refractivity contribution in [2.45, 2.75) is 11.8 Å². The van der Waals surface area contributed by atoms with Crippen LogP contribution in [-0.4, -0.2) is 10.7 Å². The lowest BCUT2D eigenvalue weighted by Crippen LogP contribution is -2.30. The van der Waals surface area contributed by atoms with Crippen molar-refractivity contribution in [1.29, 1.82) is 0 Å². The van der Waals surface area contributed by atoms with Crippen LogP contribution in [0.25, 0.3) is 0 Å². The monoisotopic (exact) mass is 383 g/mol. The van der Waals surface area contributed by atoms with Crippen LogP contribution >= 0.6 is 23.7 Å². The average molecular weight is 384 g/mol. The first-order chi connectivity index (χ1) is 10.5. The lowest BCUT2D eigenvalue weighted by atomic mass is 10.3. The number of halogens is 1. The third kappa shape index (κ3) is 4.90. The van der Waals surface area contributed by atoms with Gasteiger partial charge in [-0.25, -0.2) is 9.65 Å². The zero-order valence-corrected chi connectivity index (χ0v) is 14.3. The molecule has 7 heteroatoms. The fourth-order valence-corrected chi connectivity index (χ4v) is 3.21. The molecule has 0 bridgehead atoms. The Morgan fingerprint density at radius 1 is 1.00 bits per heavy atom. The Bertz CT molecular complexity index is 618. The average Bonchev–Trinajstić information content (AvgIpc) is 2.48. The van der Waals surface area contributed by atoms with E-state index in [1.165, 1.54) is 0 Å². The van der Waals surface area contributed by atoms with Crippen LogP contribution in [0.5, 0.6) is 11.5 Å². The lowest BCUT2D eigenvalue weighted by molar-refractivity contribution is -0.118. The molecular formula is C15H15BrNO4P. The molecule has 0 aliphatic carbocycles. The Kier molecular flexibility index (Phi) is 5.63. The summed E-state index contributed by atoms with van der Waals surface area (Å²) in [6, 6.07) is 17.1. The number of para-hydroxylation sites is 2. The minimum Gasteiger partial charge on any atom is -0.400 e. The van der Waals surface area contributed by atoms with Gasteiger partial charge in [-0.1, -0.05) is 52.3 Å². The van der Waals surface area contributed by atoms with Crippen molar-refractivity contribution in [3.05, 3.63) is 60.7 Å². The second kappa shape index (κ2) is 7.47. The number of nitrogens with one attached hydrogen (secondary N) is 1. The minimum atomic E-state index is -3.90. The smallest absolute Gasteiger partial charge is 0.400 e. The maximum atomic E-state index is 12.9. The molecule has 0 aliphatic heterocycles. The van der Waals surface area contributed by atoms with Crippen molar-refractivity contribution < 1.29 is 18.4 Å². The Morgan fingerprint density at radius 2 is 1.41 bits per heavy atom. The van der Waals surface area contributed by atoms with Gasteiger partial charge in [0.15, 0.2) is 0 Å². The number of amides is 1. The summed E-state index contributed by atoms with van der Waals surface area (Å²) >= 11 is 3.12. The predicted molar refractivity (Wildman–Crippen MR) is 88.3 cm³/mol. The third-order valence-electron chi connectivity index (χ3n) is 2.55. The number of carbonyl (C=O) groups is 1. The quantitative estimate of drug-likeness (QED) is 0.600. The van der Waals surface area contributed by atoms with E-state index in [0.29, 0.717) is 11.5 Å². The van der Waals surface area contributed by atoms with Gasteiger partial charge in [-0.2, -0.15) is 0 Å². The lowest BCUT2D eigenvalue weighted by Gasteiger charge is -2.20. The summed E-state index contributed by atoms with van der Waals surface area (Å²) in [6.07, 6.45) is 0. The first-order valence-corrected chi connectivity index (χ1v) is 9.00. The Morgan fingerprint density at radius 3 is 1.77 bits per heavy atom. The van der Waals surface area contributed by atoms with Crippen molar-refractivity contribution in [2.75, 3.05) is 0 Å². The summed E-state index contributed by atoms with van der Waals surface area (Å²) in [5.41, 5.74) is 0. The molecule has 116 valence electrons. The van der Waals surface area contributed by atoms with Gasteiger partial charge >= 0.3 is 7.75 Å². The van der Waals surface area contributed by atoms with E-state index < -0.39 is 18.5 Å². The summed E-state index contributed by atoms with van der Waals surface area (Å²) in [6.45, 7) is 1.62. The molecule has 2 aromatic carbocycles. The number of alkyl halides is 1. The molecule has 0 aromatic heterocycles. The fourth-order valence-electron chi connectivity index (χ4n) is 1.53. The highest BCUT2D eigenvalue weighted by molar-refractivity contribution is 9.10. The Hall–Kier alpha value is -1.78. The van der Waals surface area contributed by atoms with E-state index in [0.717, 1.165) is 0 Å². The van der Waals surface area contributed by atoms with E-state index in [4.69, 9.17) is 9.05 Å². The summed E-state index contributed by atoms with van der Waals surface area (Å²) in [7, 11) is -3.90.